The number of nitrogens with zero attached hydrogens (tertiary/aromatic N) is 2. The molecule has 0 atom stereocenters. The highest BCUT2D eigenvalue weighted by molar-refractivity contribution is 7.88. The van der Waals surface area contributed by atoms with Crippen LogP contribution in [0.4, 0.5) is 0 Å². The fourth-order valence-corrected chi connectivity index (χ4v) is 3.36. The maximum Gasteiger partial charge on any atom is 0.218 e. The minimum atomic E-state index is -3.41. The lowest BCUT2D eigenvalue weighted by molar-refractivity contribution is 0.271. The van der Waals surface area contributed by atoms with Gasteiger partial charge in [-0.3, -0.25) is 0 Å². The highest BCUT2D eigenvalue weighted by Gasteiger charge is 2.20. The van der Waals surface area contributed by atoms with Crippen LogP contribution in [0.25, 0.3) is 0 Å². The van der Waals surface area contributed by atoms with Gasteiger partial charge in [0.25, 0.3) is 0 Å². The molecule has 0 fully saturated rings. The molecule has 1 N–H and O–H groups in total. The molecule has 1 aromatic carbocycles. The molecule has 0 aliphatic heterocycles. The second-order valence-corrected chi connectivity index (χ2v) is 6.11. The van der Waals surface area contributed by atoms with Crippen molar-refractivity contribution in [3.05, 3.63) is 35.4 Å². The first kappa shape index (κ1) is 15.6. The third-order valence-electron chi connectivity index (χ3n) is 2.72. The molecule has 0 spiro atoms. The van der Waals surface area contributed by atoms with E-state index in [1.165, 1.54) is 4.31 Å². The molecular weight excluding hydrogens is 264 g/mol. The topological polar surface area (TPSA) is 81.4 Å². The summed E-state index contributed by atoms with van der Waals surface area (Å²) in [4.78, 5) is 0. The van der Waals surface area contributed by atoms with E-state index in [1.807, 2.05) is 6.07 Å². The fourth-order valence-electron chi connectivity index (χ4n) is 1.77. The molecule has 5 nitrogen and oxygen atoms in total. The first-order valence-corrected chi connectivity index (χ1v) is 7.72. The normalized spacial score (nSPS) is 11.5. The first-order valence-electron chi connectivity index (χ1n) is 6.11. The van der Waals surface area contributed by atoms with Crippen molar-refractivity contribution in [2.45, 2.75) is 19.1 Å². The Morgan fingerprint density at radius 3 is 2.74 bits per heavy atom. The number of nitriles is 1. The van der Waals surface area contributed by atoms with Gasteiger partial charge >= 0.3 is 0 Å². The lowest BCUT2D eigenvalue weighted by Crippen LogP contribution is -2.33. The highest BCUT2D eigenvalue weighted by Crippen LogP contribution is 2.12. The third-order valence-corrected chi connectivity index (χ3v) is 4.64. The molecule has 19 heavy (non-hydrogen) atoms. The summed E-state index contributed by atoms with van der Waals surface area (Å²) in [7, 11) is -3.41. The van der Waals surface area contributed by atoms with E-state index in [-0.39, 0.29) is 12.4 Å². The Kier molecular flexibility index (Phi) is 5.96. The Balaban J connectivity index is 2.85. The van der Waals surface area contributed by atoms with Gasteiger partial charge in [-0.1, -0.05) is 19.1 Å². The van der Waals surface area contributed by atoms with Crippen molar-refractivity contribution in [1.29, 1.82) is 5.26 Å². The lowest BCUT2D eigenvalue weighted by atomic mass is 10.2. The average Bonchev–Trinajstić information content (AvgIpc) is 2.39. The summed E-state index contributed by atoms with van der Waals surface area (Å²) in [5.74, 6) is -0.123. The van der Waals surface area contributed by atoms with E-state index >= 15 is 0 Å². The number of aliphatic hydroxyl groups is 1. The van der Waals surface area contributed by atoms with Gasteiger partial charge in [0.05, 0.1) is 17.4 Å². The first-order chi connectivity index (χ1) is 9.03. The molecule has 6 heteroatoms. The Morgan fingerprint density at radius 1 is 1.42 bits per heavy atom. The fraction of sp³-hybridized carbons (Fsp3) is 0.462. The van der Waals surface area contributed by atoms with Crippen LogP contribution in [0.5, 0.6) is 0 Å². The minimum absolute atomic E-state index is 0.0318. The number of benzene rings is 1. The van der Waals surface area contributed by atoms with Gasteiger partial charge in [0.1, 0.15) is 0 Å². The number of aliphatic hydroxyl groups excluding tert-OH is 1. The van der Waals surface area contributed by atoms with Gasteiger partial charge in [0, 0.05) is 19.7 Å². The van der Waals surface area contributed by atoms with Crippen LogP contribution in [-0.4, -0.2) is 37.5 Å². The average molecular weight is 282 g/mol. The van der Waals surface area contributed by atoms with E-state index in [4.69, 9.17) is 10.4 Å². The summed E-state index contributed by atoms with van der Waals surface area (Å²) in [5.41, 5.74) is 1.05. The van der Waals surface area contributed by atoms with Crippen molar-refractivity contribution >= 4 is 10.0 Å². The van der Waals surface area contributed by atoms with Crippen molar-refractivity contribution in [3.8, 4) is 6.07 Å². The standard InChI is InChI=1S/C13H18N2O3S/c1-2-15(7-4-8-16)19(17,18)11-13-6-3-5-12(9-13)10-14/h3,5-6,9,16H,2,4,7-8,11H2,1H3. The molecule has 0 aliphatic carbocycles. The zero-order valence-electron chi connectivity index (χ0n) is 10.9. The maximum atomic E-state index is 12.2. The summed E-state index contributed by atoms with van der Waals surface area (Å²) in [5, 5.41) is 17.6. The van der Waals surface area contributed by atoms with Crippen LogP contribution in [0.3, 0.4) is 0 Å². The summed E-state index contributed by atoms with van der Waals surface area (Å²) in [6.07, 6.45) is 0.422. The number of sulfonamides is 1. The van der Waals surface area contributed by atoms with Crippen LogP contribution in [0, 0.1) is 11.3 Å². The molecule has 0 aliphatic rings. The second-order valence-electron chi connectivity index (χ2n) is 4.14. The molecule has 0 bridgehead atoms. The molecule has 0 unspecified atom stereocenters. The molecule has 1 aromatic rings. The van der Waals surface area contributed by atoms with Crippen LogP contribution >= 0.6 is 0 Å². The van der Waals surface area contributed by atoms with E-state index in [2.05, 4.69) is 0 Å². The molecule has 0 amide bonds. The SMILES string of the molecule is CCN(CCCO)S(=O)(=O)Cc1cccc(C#N)c1. The van der Waals surface area contributed by atoms with E-state index < -0.39 is 10.0 Å². The molecule has 0 radical (unpaired) electrons. The van der Waals surface area contributed by atoms with E-state index in [9.17, 15) is 8.42 Å². The second kappa shape index (κ2) is 7.24. The zero-order chi connectivity index (χ0) is 14.3. The summed E-state index contributed by atoms with van der Waals surface area (Å²) < 4.78 is 25.7. The van der Waals surface area contributed by atoms with Crippen LogP contribution in [0.2, 0.25) is 0 Å². The number of rotatable bonds is 7. The third kappa shape index (κ3) is 4.63. The van der Waals surface area contributed by atoms with E-state index in [0.717, 1.165) is 0 Å². The monoisotopic (exact) mass is 282 g/mol. The Morgan fingerprint density at radius 2 is 2.16 bits per heavy atom. The van der Waals surface area contributed by atoms with Gasteiger partial charge in [-0.05, 0) is 24.1 Å². The predicted molar refractivity (Wildman–Crippen MR) is 72.7 cm³/mol. The molecule has 1 rings (SSSR count). The molecular formula is C13H18N2O3S. The molecule has 0 heterocycles. The van der Waals surface area contributed by atoms with Gasteiger partial charge in [-0.2, -0.15) is 5.26 Å². The zero-order valence-corrected chi connectivity index (χ0v) is 11.7. The lowest BCUT2D eigenvalue weighted by Gasteiger charge is -2.20. The molecule has 0 aromatic heterocycles. The van der Waals surface area contributed by atoms with Gasteiger partial charge in [0.2, 0.25) is 10.0 Å². The number of hydrogen-bond acceptors (Lipinski definition) is 4. The summed E-state index contributed by atoms with van der Waals surface area (Å²) >= 11 is 0. The van der Waals surface area contributed by atoms with Crippen LogP contribution < -0.4 is 0 Å². The van der Waals surface area contributed by atoms with Gasteiger partial charge < -0.3 is 5.11 Å². The smallest absolute Gasteiger partial charge is 0.218 e. The molecule has 0 saturated heterocycles. The Hall–Kier alpha value is -1.42. The highest BCUT2D eigenvalue weighted by atomic mass is 32.2. The van der Waals surface area contributed by atoms with Crippen molar-refractivity contribution < 1.29 is 13.5 Å². The maximum absolute atomic E-state index is 12.2. The predicted octanol–water partition coefficient (Wildman–Crippen LogP) is 1.09. The summed E-state index contributed by atoms with van der Waals surface area (Å²) in [6.45, 7) is 2.42. The quantitative estimate of drug-likeness (QED) is 0.811. The van der Waals surface area contributed by atoms with E-state index in [1.54, 1.807) is 31.2 Å². The van der Waals surface area contributed by atoms with Crippen molar-refractivity contribution in [2.24, 2.45) is 0 Å². The Bertz CT molecular complexity index is 549. The van der Waals surface area contributed by atoms with Crippen molar-refractivity contribution in [2.75, 3.05) is 19.7 Å². The number of hydrogen-bond donors (Lipinski definition) is 1. The Labute approximate surface area is 114 Å². The van der Waals surface area contributed by atoms with Crippen LogP contribution in [-0.2, 0) is 15.8 Å². The summed E-state index contributed by atoms with van der Waals surface area (Å²) in [6, 6.07) is 8.58. The molecule has 0 saturated carbocycles. The molecule has 104 valence electrons. The van der Waals surface area contributed by atoms with Crippen LogP contribution in [0.15, 0.2) is 24.3 Å². The van der Waals surface area contributed by atoms with Gasteiger partial charge in [-0.25, -0.2) is 12.7 Å². The minimum Gasteiger partial charge on any atom is -0.396 e. The van der Waals surface area contributed by atoms with Gasteiger partial charge in [-0.15, -0.1) is 0 Å². The van der Waals surface area contributed by atoms with Gasteiger partial charge in [0.15, 0.2) is 0 Å². The van der Waals surface area contributed by atoms with Crippen molar-refractivity contribution in [1.82, 2.24) is 4.31 Å². The van der Waals surface area contributed by atoms with E-state index in [0.29, 0.717) is 30.6 Å². The van der Waals surface area contributed by atoms with Crippen molar-refractivity contribution in [3.63, 3.8) is 0 Å². The largest absolute Gasteiger partial charge is 0.396 e. The van der Waals surface area contributed by atoms with Crippen LogP contribution in [0.1, 0.15) is 24.5 Å².